The van der Waals surface area contributed by atoms with Crippen LogP contribution in [0.5, 0.6) is 11.5 Å². The van der Waals surface area contributed by atoms with Gasteiger partial charge in [-0.3, -0.25) is 4.79 Å². The second-order valence-corrected chi connectivity index (χ2v) is 8.67. The number of rotatable bonds is 3. The maximum absolute atomic E-state index is 13.2. The van der Waals surface area contributed by atoms with Crippen LogP contribution in [-0.2, 0) is 0 Å². The molecule has 1 atom stereocenters. The number of hydrogen-bond donors (Lipinski definition) is 1. The zero-order valence-electron chi connectivity index (χ0n) is 16.3. The van der Waals surface area contributed by atoms with E-state index in [-0.39, 0.29) is 18.5 Å². The lowest BCUT2D eigenvalue weighted by atomic mass is 10.1. The number of carbonyl (C=O) groups excluding carboxylic acids is 1. The number of hydrogen-bond acceptors (Lipinski definition) is 4. The van der Waals surface area contributed by atoms with Gasteiger partial charge < -0.3 is 19.4 Å². The third kappa shape index (κ3) is 3.77. The summed E-state index contributed by atoms with van der Waals surface area (Å²) in [7, 11) is 0. The first-order valence-electron chi connectivity index (χ1n) is 9.92. The maximum Gasteiger partial charge on any atom is 0.270 e. The number of halogens is 1. The molecule has 1 amide bonds. The number of fused-ring (bicyclic) bond motifs is 1. The molecule has 1 N–H and O–H groups in total. The van der Waals surface area contributed by atoms with E-state index < -0.39 is 0 Å². The number of benzene rings is 2. The lowest BCUT2D eigenvalue weighted by molar-refractivity contribution is 0.0761. The quantitative estimate of drug-likeness (QED) is 0.652. The van der Waals surface area contributed by atoms with Crippen LogP contribution in [0.15, 0.2) is 54.7 Å². The van der Waals surface area contributed by atoms with Gasteiger partial charge in [0, 0.05) is 30.3 Å². The zero-order chi connectivity index (χ0) is 20.5. The molecule has 5 rings (SSSR count). The molecule has 3 heterocycles. The third-order valence-corrected chi connectivity index (χ3v) is 6.82. The Morgan fingerprint density at radius 2 is 1.87 bits per heavy atom. The molecule has 7 heteroatoms. The average molecular weight is 424 g/mol. The summed E-state index contributed by atoms with van der Waals surface area (Å²) >= 11 is 1.87. The van der Waals surface area contributed by atoms with Crippen molar-refractivity contribution in [2.75, 3.05) is 25.6 Å². The number of carbonyl (C=O) groups is 1. The number of aromatic amines is 1. The fourth-order valence-electron chi connectivity index (χ4n) is 3.85. The van der Waals surface area contributed by atoms with Crippen molar-refractivity contribution in [3.63, 3.8) is 0 Å². The summed E-state index contributed by atoms with van der Waals surface area (Å²) < 4.78 is 24.1. The summed E-state index contributed by atoms with van der Waals surface area (Å²) in [6.45, 7) is 1.67. The Morgan fingerprint density at radius 1 is 1.03 bits per heavy atom. The molecule has 2 aromatic carbocycles. The van der Waals surface area contributed by atoms with E-state index in [4.69, 9.17) is 9.47 Å². The summed E-state index contributed by atoms with van der Waals surface area (Å²) in [4.78, 5) is 18.0. The Bertz CT molecular complexity index is 1070. The SMILES string of the molecule is O=C(c1cc(-c2ccc(F)cc2)c[nH]1)N1CCSC(c2ccc3c(c2)OCO3)CC1. The van der Waals surface area contributed by atoms with E-state index in [0.29, 0.717) is 24.0 Å². The largest absolute Gasteiger partial charge is 0.454 e. The van der Waals surface area contributed by atoms with Crippen LogP contribution in [0.1, 0.15) is 27.7 Å². The van der Waals surface area contributed by atoms with E-state index in [1.54, 1.807) is 18.3 Å². The van der Waals surface area contributed by atoms with E-state index >= 15 is 0 Å². The summed E-state index contributed by atoms with van der Waals surface area (Å²) in [5.74, 6) is 2.18. The summed E-state index contributed by atoms with van der Waals surface area (Å²) in [5, 5.41) is 0.315. The van der Waals surface area contributed by atoms with Gasteiger partial charge in [0.1, 0.15) is 11.5 Å². The molecule has 5 nitrogen and oxygen atoms in total. The van der Waals surface area contributed by atoms with Crippen molar-refractivity contribution in [1.29, 1.82) is 0 Å². The van der Waals surface area contributed by atoms with Crippen molar-refractivity contribution < 1.29 is 18.7 Å². The van der Waals surface area contributed by atoms with Crippen LogP contribution in [-0.4, -0.2) is 41.4 Å². The highest BCUT2D eigenvalue weighted by atomic mass is 32.2. The minimum atomic E-state index is -0.273. The van der Waals surface area contributed by atoms with Crippen molar-refractivity contribution >= 4 is 17.7 Å². The van der Waals surface area contributed by atoms with Crippen LogP contribution in [0.3, 0.4) is 0 Å². The smallest absolute Gasteiger partial charge is 0.270 e. The van der Waals surface area contributed by atoms with Crippen LogP contribution in [0.2, 0.25) is 0 Å². The molecule has 3 aromatic rings. The molecule has 0 spiro atoms. The number of H-pyrrole nitrogens is 1. The van der Waals surface area contributed by atoms with E-state index in [1.165, 1.54) is 17.7 Å². The minimum absolute atomic E-state index is 0.00435. The molecule has 2 aliphatic rings. The van der Waals surface area contributed by atoms with Crippen molar-refractivity contribution in [3.05, 3.63) is 71.8 Å². The van der Waals surface area contributed by atoms with Crippen LogP contribution in [0, 0.1) is 5.82 Å². The van der Waals surface area contributed by atoms with Crippen LogP contribution >= 0.6 is 11.8 Å². The van der Waals surface area contributed by atoms with Gasteiger partial charge in [-0.15, -0.1) is 0 Å². The van der Waals surface area contributed by atoms with Gasteiger partial charge in [0.25, 0.3) is 5.91 Å². The van der Waals surface area contributed by atoms with E-state index in [2.05, 4.69) is 17.1 Å². The number of nitrogens with one attached hydrogen (secondary N) is 1. The fraction of sp³-hybridized carbons (Fsp3) is 0.261. The van der Waals surface area contributed by atoms with Gasteiger partial charge in [0.2, 0.25) is 6.79 Å². The molecule has 0 radical (unpaired) electrons. The topological polar surface area (TPSA) is 54.6 Å². The van der Waals surface area contributed by atoms with Gasteiger partial charge >= 0.3 is 0 Å². The summed E-state index contributed by atoms with van der Waals surface area (Å²) in [5.41, 5.74) is 3.51. The maximum atomic E-state index is 13.2. The summed E-state index contributed by atoms with van der Waals surface area (Å²) in [6, 6.07) is 14.2. The first kappa shape index (κ1) is 19.1. The lowest BCUT2D eigenvalue weighted by Gasteiger charge is -2.19. The average Bonchev–Trinajstić information content (AvgIpc) is 3.37. The molecular weight excluding hydrogens is 403 g/mol. The van der Waals surface area contributed by atoms with Crippen molar-refractivity contribution in [2.45, 2.75) is 11.7 Å². The first-order chi connectivity index (χ1) is 14.7. The number of amides is 1. The van der Waals surface area contributed by atoms with E-state index in [9.17, 15) is 9.18 Å². The lowest BCUT2D eigenvalue weighted by Crippen LogP contribution is -2.33. The van der Waals surface area contributed by atoms with Crippen LogP contribution in [0.4, 0.5) is 4.39 Å². The van der Waals surface area contributed by atoms with Crippen LogP contribution in [0.25, 0.3) is 11.1 Å². The molecule has 1 aromatic heterocycles. The molecule has 154 valence electrons. The number of thioether (sulfide) groups is 1. The van der Waals surface area contributed by atoms with Crippen LogP contribution < -0.4 is 9.47 Å². The third-order valence-electron chi connectivity index (χ3n) is 5.49. The summed E-state index contributed by atoms with van der Waals surface area (Å²) in [6.07, 6.45) is 2.67. The molecule has 0 aliphatic carbocycles. The Hall–Kier alpha value is -2.93. The highest BCUT2D eigenvalue weighted by molar-refractivity contribution is 7.99. The van der Waals surface area contributed by atoms with Crippen molar-refractivity contribution in [2.24, 2.45) is 0 Å². The second-order valence-electron chi connectivity index (χ2n) is 7.36. The van der Waals surface area contributed by atoms with Crippen molar-refractivity contribution in [1.82, 2.24) is 9.88 Å². The highest BCUT2D eigenvalue weighted by Gasteiger charge is 2.25. The molecular formula is C23H21FN2O3S. The van der Waals surface area contributed by atoms with Gasteiger partial charge in [0.15, 0.2) is 11.5 Å². The van der Waals surface area contributed by atoms with Gasteiger partial charge in [-0.2, -0.15) is 11.8 Å². The van der Waals surface area contributed by atoms with Crippen molar-refractivity contribution in [3.8, 4) is 22.6 Å². The van der Waals surface area contributed by atoms with Gasteiger partial charge in [-0.05, 0) is 53.4 Å². The predicted octanol–water partition coefficient (Wildman–Crippen LogP) is 4.87. The van der Waals surface area contributed by atoms with Gasteiger partial charge in [0.05, 0.1) is 0 Å². The number of ether oxygens (including phenoxy) is 2. The first-order valence-corrected chi connectivity index (χ1v) is 11.0. The Kier molecular flexibility index (Phi) is 5.12. The Labute approximate surface area is 178 Å². The standard InChI is InChI=1S/C23H21FN2O3S/c24-18-4-1-15(2-5-18)17-11-19(25-13-17)23(27)26-8-7-22(30-10-9-26)16-3-6-20-21(12-16)29-14-28-20/h1-6,11-13,22,25H,7-10,14H2. The second kappa shape index (κ2) is 8.07. The Balaban J connectivity index is 1.27. The molecule has 30 heavy (non-hydrogen) atoms. The molecule has 1 fully saturated rings. The van der Waals surface area contributed by atoms with E-state index in [1.807, 2.05) is 28.8 Å². The minimum Gasteiger partial charge on any atom is -0.454 e. The predicted molar refractivity (Wildman–Crippen MR) is 114 cm³/mol. The monoisotopic (exact) mass is 424 g/mol. The number of aromatic nitrogens is 1. The van der Waals surface area contributed by atoms with E-state index in [0.717, 1.165) is 34.8 Å². The fourth-order valence-corrected chi connectivity index (χ4v) is 5.07. The van der Waals surface area contributed by atoms with Gasteiger partial charge in [-0.1, -0.05) is 18.2 Å². The van der Waals surface area contributed by atoms with Gasteiger partial charge in [-0.25, -0.2) is 4.39 Å². The molecule has 0 saturated carbocycles. The molecule has 2 aliphatic heterocycles. The molecule has 0 bridgehead atoms. The zero-order valence-corrected chi connectivity index (χ0v) is 17.1. The normalized spacial score (nSPS) is 18.3. The molecule has 1 saturated heterocycles. The highest BCUT2D eigenvalue weighted by Crippen LogP contribution is 2.40. The molecule has 1 unspecified atom stereocenters. The number of nitrogens with zero attached hydrogens (tertiary/aromatic N) is 1. The Morgan fingerprint density at radius 3 is 2.73 bits per heavy atom.